The Morgan fingerprint density at radius 2 is 2.18 bits per heavy atom. The van der Waals surface area contributed by atoms with E-state index in [1.165, 1.54) is 13.2 Å². The standard InChI is InChI=1S/C16H25FN2O3/c1-5-16(3,9-10-20)19-15(21)18-11(2)14-12(17)7-6-8-13(14)22-4/h6-8,11,20H,5,9-10H2,1-4H3,(H2,18,19,21). The average Bonchev–Trinajstić information content (AvgIpc) is 2.46. The van der Waals surface area contributed by atoms with E-state index in [9.17, 15) is 9.18 Å². The number of amides is 2. The maximum Gasteiger partial charge on any atom is 0.315 e. The molecule has 0 fully saturated rings. The number of rotatable bonds is 7. The van der Waals surface area contributed by atoms with Crippen LogP contribution in [0.4, 0.5) is 9.18 Å². The summed E-state index contributed by atoms with van der Waals surface area (Å²) in [6, 6.07) is 3.58. The number of hydrogen-bond acceptors (Lipinski definition) is 3. The highest BCUT2D eigenvalue weighted by molar-refractivity contribution is 5.75. The molecule has 0 radical (unpaired) electrons. The fourth-order valence-electron chi connectivity index (χ4n) is 2.27. The Morgan fingerprint density at radius 3 is 2.73 bits per heavy atom. The van der Waals surface area contributed by atoms with Crippen LogP contribution in [0.25, 0.3) is 0 Å². The molecule has 2 atom stereocenters. The summed E-state index contributed by atoms with van der Waals surface area (Å²) in [6.07, 6.45) is 1.13. The highest BCUT2D eigenvalue weighted by Crippen LogP contribution is 2.27. The van der Waals surface area contributed by atoms with Crippen LogP contribution >= 0.6 is 0 Å². The Kier molecular flexibility index (Phi) is 6.61. The van der Waals surface area contributed by atoms with E-state index in [0.717, 1.165) is 0 Å². The number of aliphatic hydroxyl groups is 1. The second-order valence-electron chi connectivity index (χ2n) is 5.56. The van der Waals surface area contributed by atoms with Crippen molar-refractivity contribution in [3.8, 4) is 5.75 Å². The van der Waals surface area contributed by atoms with Crippen LogP contribution in [-0.2, 0) is 0 Å². The molecule has 2 amide bonds. The van der Waals surface area contributed by atoms with Crippen LogP contribution in [-0.4, -0.2) is 30.4 Å². The molecule has 22 heavy (non-hydrogen) atoms. The number of methoxy groups -OCH3 is 1. The monoisotopic (exact) mass is 312 g/mol. The SMILES string of the molecule is CCC(C)(CCO)NC(=O)NC(C)c1c(F)cccc1OC. The maximum absolute atomic E-state index is 14.0. The number of carbonyl (C=O) groups is 1. The maximum atomic E-state index is 14.0. The van der Waals surface area contributed by atoms with Crippen molar-refractivity contribution in [2.75, 3.05) is 13.7 Å². The molecule has 0 aliphatic carbocycles. The molecule has 6 heteroatoms. The molecule has 5 nitrogen and oxygen atoms in total. The number of benzene rings is 1. The van der Waals surface area contributed by atoms with Crippen LogP contribution in [0.15, 0.2) is 18.2 Å². The highest BCUT2D eigenvalue weighted by atomic mass is 19.1. The van der Waals surface area contributed by atoms with E-state index in [1.807, 2.05) is 13.8 Å². The minimum atomic E-state index is -0.550. The van der Waals surface area contributed by atoms with Gasteiger partial charge in [0.1, 0.15) is 11.6 Å². The van der Waals surface area contributed by atoms with Gasteiger partial charge in [-0.3, -0.25) is 0 Å². The zero-order chi connectivity index (χ0) is 16.8. The van der Waals surface area contributed by atoms with Gasteiger partial charge in [0, 0.05) is 12.1 Å². The second kappa shape index (κ2) is 7.98. The third kappa shape index (κ3) is 4.59. The third-order valence-corrected chi connectivity index (χ3v) is 3.87. The highest BCUT2D eigenvalue weighted by Gasteiger charge is 2.25. The van der Waals surface area contributed by atoms with Crippen LogP contribution < -0.4 is 15.4 Å². The molecule has 0 spiro atoms. The topological polar surface area (TPSA) is 70.6 Å². The molecule has 2 unspecified atom stereocenters. The molecule has 0 saturated carbocycles. The summed E-state index contributed by atoms with van der Waals surface area (Å²) in [5.74, 6) is -0.0397. The largest absolute Gasteiger partial charge is 0.496 e. The number of nitrogens with one attached hydrogen (secondary N) is 2. The van der Waals surface area contributed by atoms with Crippen molar-refractivity contribution in [3.63, 3.8) is 0 Å². The Hall–Kier alpha value is -1.82. The summed E-state index contributed by atoms with van der Waals surface area (Å²) < 4.78 is 19.1. The van der Waals surface area contributed by atoms with Gasteiger partial charge in [-0.15, -0.1) is 0 Å². The van der Waals surface area contributed by atoms with Gasteiger partial charge in [0.2, 0.25) is 0 Å². The molecule has 1 aromatic carbocycles. The van der Waals surface area contributed by atoms with Crippen molar-refractivity contribution < 1.29 is 19.0 Å². The number of aliphatic hydroxyl groups excluding tert-OH is 1. The zero-order valence-corrected chi connectivity index (χ0v) is 13.6. The van der Waals surface area contributed by atoms with E-state index >= 15 is 0 Å². The summed E-state index contributed by atoms with van der Waals surface area (Å²) in [5.41, 5.74) is -0.196. The van der Waals surface area contributed by atoms with Gasteiger partial charge in [0.15, 0.2) is 0 Å². The van der Waals surface area contributed by atoms with Gasteiger partial charge in [-0.05, 0) is 38.8 Å². The van der Waals surface area contributed by atoms with E-state index in [2.05, 4.69) is 10.6 Å². The first-order valence-electron chi connectivity index (χ1n) is 7.38. The van der Waals surface area contributed by atoms with Crippen LogP contribution in [0, 0.1) is 5.82 Å². The zero-order valence-electron chi connectivity index (χ0n) is 13.6. The average molecular weight is 312 g/mol. The van der Waals surface area contributed by atoms with E-state index in [0.29, 0.717) is 24.2 Å². The first-order chi connectivity index (χ1) is 10.4. The van der Waals surface area contributed by atoms with Crippen LogP contribution in [0.2, 0.25) is 0 Å². The smallest absolute Gasteiger partial charge is 0.315 e. The molecule has 0 aliphatic heterocycles. The number of ether oxygens (including phenoxy) is 1. The minimum Gasteiger partial charge on any atom is -0.496 e. The Morgan fingerprint density at radius 1 is 1.50 bits per heavy atom. The molecule has 0 saturated heterocycles. The van der Waals surface area contributed by atoms with Gasteiger partial charge < -0.3 is 20.5 Å². The van der Waals surface area contributed by atoms with E-state index < -0.39 is 23.4 Å². The lowest BCUT2D eigenvalue weighted by Gasteiger charge is -2.30. The van der Waals surface area contributed by atoms with Crippen molar-refractivity contribution in [1.82, 2.24) is 10.6 Å². The van der Waals surface area contributed by atoms with Gasteiger partial charge in [-0.2, -0.15) is 0 Å². The Labute approximate surface area is 130 Å². The first-order valence-corrected chi connectivity index (χ1v) is 7.38. The molecule has 1 aromatic rings. The molecular formula is C16H25FN2O3. The van der Waals surface area contributed by atoms with Crippen molar-refractivity contribution in [1.29, 1.82) is 0 Å². The molecule has 124 valence electrons. The summed E-state index contributed by atoms with van der Waals surface area (Å²) in [4.78, 5) is 12.1. The molecule has 0 bridgehead atoms. The van der Waals surface area contributed by atoms with E-state index in [1.54, 1.807) is 19.1 Å². The quantitative estimate of drug-likeness (QED) is 0.725. The van der Waals surface area contributed by atoms with Crippen molar-refractivity contribution in [2.24, 2.45) is 0 Å². The van der Waals surface area contributed by atoms with Gasteiger partial charge in [0.05, 0.1) is 18.7 Å². The molecule has 1 rings (SSSR count). The Balaban J connectivity index is 2.80. The summed E-state index contributed by atoms with van der Waals surface area (Å²) in [6.45, 7) is 5.47. The molecule has 0 heterocycles. The van der Waals surface area contributed by atoms with Gasteiger partial charge in [-0.25, -0.2) is 9.18 Å². The summed E-state index contributed by atoms with van der Waals surface area (Å²) in [7, 11) is 1.46. The fraction of sp³-hybridized carbons (Fsp3) is 0.562. The van der Waals surface area contributed by atoms with E-state index in [-0.39, 0.29) is 6.61 Å². The fourth-order valence-corrected chi connectivity index (χ4v) is 2.27. The molecule has 0 aliphatic rings. The van der Waals surface area contributed by atoms with Crippen LogP contribution in [0.1, 0.15) is 45.2 Å². The Bertz CT molecular complexity index is 510. The van der Waals surface area contributed by atoms with E-state index in [4.69, 9.17) is 9.84 Å². The number of halogens is 1. The van der Waals surface area contributed by atoms with Crippen molar-refractivity contribution in [2.45, 2.75) is 45.2 Å². The predicted octanol–water partition coefficient (Wildman–Crippen LogP) is 2.75. The van der Waals surface area contributed by atoms with Crippen LogP contribution in [0.3, 0.4) is 0 Å². The van der Waals surface area contributed by atoms with Crippen molar-refractivity contribution >= 4 is 6.03 Å². The van der Waals surface area contributed by atoms with Crippen molar-refractivity contribution in [3.05, 3.63) is 29.6 Å². The number of urea groups is 1. The lowest BCUT2D eigenvalue weighted by molar-refractivity contribution is 0.199. The molecule has 3 N–H and O–H groups in total. The molecular weight excluding hydrogens is 287 g/mol. The third-order valence-electron chi connectivity index (χ3n) is 3.87. The molecule has 0 aromatic heterocycles. The van der Waals surface area contributed by atoms with Crippen LogP contribution in [0.5, 0.6) is 5.75 Å². The number of carbonyl (C=O) groups excluding carboxylic acids is 1. The lowest BCUT2D eigenvalue weighted by atomic mass is 9.95. The summed E-state index contributed by atoms with van der Waals surface area (Å²) >= 11 is 0. The first kappa shape index (κ1) is 18.2. The predicted molar refractivity (Wildman–Crippen MR) is 83.4 cm³/mol. The van der Waals surface area contributed by atoms with Gasteiger partial charge in [0.25, 0.3) is 0 Å². The number of hydrogen-bond donors (Lipinski definition) is 3. The normalized spacial score (nSPS) is 14.8. The summed E-state index contributed by atoms with van der Waals surface area (Å²) in [5, 5.41) is 14.6. The lowest BCUT2D eigenvalue weighted by Crippen LogP contribution is -2.50. The van der Waals surface area contributed by atoms with Gasteiger partial charge in [-0.1, -0.05) is 13.0 Å². The minimum absolute atomic E-state index is 0.0126. The van der Waals surface area contributed by atoms with Gasteiger partial charge >= 0.3 is 6.03 Å². The second-order valence-corrected chi connectivity index (χ2v) is 5.56.